The highest BCUT2D eigenvalue weighted by molar-refractivity contribution is 6.31. The first-order chi connectivity index (χ1) is 10.0. The third kappa shape index (κ3) is 3.04. The summed E-state index contributed by atoms with van der Waals surface area (Å²) in [7, 11) is 1.81. The van der Waals surface area contributed by atoms with E-state index in [0.29, 0.717) is 17.1 Å². The van der Waals surface area contributed by atoms with Crippen molar-refractivity contribution < 1.29 is 4.39 Å². The Labute approximate surface area is 130 Å². The van der Waals surface area contributed by atoms with Gasteiger partial charge in [0.25, 0.3) is 0 Å². The van der Waals surface area contributed by atoms with Crippen molar-refractivity contribution in [1.82, 2.24) is 19.7 Å². The van der Waals surface area contributed by atoms with Crippen LogP contribution in [0.25, 0.3) is 22.6 Å². The summed E-state index contributed by atoms with van der Waals surface area (Å²) in [4.78, 5) is 8.52. The highest BCUT2D eigenvalue weighted by atomic mass is 35.5. The van der Waals surface area contributed by atoms with Gasteiger partial charge in [-0.15, -0.1) is 0 Å². The Morgan fingerprint density at radius 3 is 2.52 bits per heavy atom. The predicted molar refractivity (Wildman–Crippen MR) is 79.6 cm³/mol. The third-order valence-electron chi connectivity index (χ3n) is 2.82. The second-order valence-corrected chi connectivity index (χ2v) is 5.28. The number of aryl methyl sites for hydroxylation is 1. The van der Waals surface area contributed by atoms with E-state index in [-0.39, 0.29) is 10.2 Å². The zero-order valence-corrected chi connectivity index (χ0v) is 12.4. The zero-order chi connectivity index (χ0) is 15.0. The van der Waals surface area contributed by atoms with Crippen molar-refractivity contribution in [3.8, 4) is 22.6 Å². The molecule has 0 aliphatic rings. The van der Waals surface area contributed by atoms with Gasteiger partial charge in [-0.3, -0.25) is 4.68 Å². The molecule has 21 heavy (non-hydrogen) atoms. The molecule has 7 heteroatoms. The molecule has 0 N–H and O–H groups in total. The quantitative estimate of drug-likeness (QED) is 0.670. The summed E-state index contributed by atoms with van der Waals surface area (Å²) in [5, 5.41) is 4.62. The third-order valence-corrected chi connectivity index (χ3v) is 3.23. The van der Waals surface area contributed by atoms with Gasteiger partial charge in [-0.05, 0) is 18.2 Å². The number of hydrogen-bond acceptors (Lipinski definition) is 3. The van der Waals surface area contributed by atoms with Gasteiger partial charge in [0, 0.05) is 35.5 Å². The molecule has 3 rings (SSSR count). The van der Waals surface area contributed by atoms with Gasteiger partial charge in [-0.2, -0.15) is 5.10 Å². The summed E-state index contributed by atoms with van der Waals surface area (Å²) >= 11 is 11.9. The predicted octanol–water partition coefficient (Wildman–Crippen LogP) is 3.99. The lowest BCUT2D eigenvalue weighted by atomic mass is 10.2. The minimum atomic E-state index is -0.455. The first kappa shape index (κ1) is 14.0. The van der Waals surface area contributed by atoms with E-state index in [1.54, 1.807) is 36.3 Å². The van der Waals surface area contributed by atoms with Crippen LogP contribution >= 0.6 is 23.2 Å². The first-order valence-corrected chi connectivity index (χ1v) is 6.77. The maximum absolute atomic E-state index is 13.5. The Bertz CT molecular complexity index is 796. The summed E-state index contributed by atoms with van der Waals surface area (Å²) in [5.74, 6) is -0.147. The van der Waals surface area contributed by atoms with Crippen LogP contribution in [0.1, 0.15) is 0 Å². The van der Waals surface area contributed by atoms with Gasteiger partial charge in [0.05, 0.1) is 11.9 Å². The molecule has 3 aromatic rings. The van der Waals surface area contributed by atoms with Crippen molar-refractivity contribution in [1.29, 1.82) is 0 Å². The molecule has 0 atom stereocenters. The average molecular weight is 323 g/mol. The summed E-state index contributed by atoms with van der Waals surface area (Å²) in [6, 6.07) is 5.74. The van der Waals surface area contributed by atoms with Crippen LogP contribution in [0.5, 0.6) is 0 Å². The van der Waals surface area contributed by atoms with Crippen LogP contribution < -0.4 is 0 Å². The van der Waals surface area contributed by atoms with Crippen molar-refractivity contribution in [3.63, 3.8) is 0 Å². The Balaban J connectivity index is 2.13. The van der Waals surface area contributed by atoms with Crippen LogP contribution in [0.3, 0.4) is 0 Å². The monoisotopic (exact) mass is 322 g/mol. The molecule has 0 aliphatic heterocycles. The number of aromatic nitrogens is 4. The highest BCUT2D eigenvalue weighted by Crippen LogP contribution is 2.26. The molecule has 1 aromatic carbocycles. The van der Waals surface area contributed by atoms with Crippen molar-refractivity contribution in [2.75, 3.05) is 0 Å². The van der Waals surface area contributed by atoms with Crippen LogP contribution in [0.2, 0.25) is 10.2 Å². The number of nitrogens with zero attached hydrogens (tertiary/aromatic N) is 4. The fourth-order valence-corrected chi connectivity index (χ4v) is 2.34. The van der Waals surface area contributed by atoms with Gasteiger partial charge < -0.3 is 0 Å². The molecule has 0 fully saturated rings. The van der Waals surface area contributed by atoms with E-state index >= 15 is 0 Å². The lowest BCUT2D eigenvalue weighted by molar-refractivity contribution is 0.628. The summed E-state index contributed by atoms with van der Waals surface area (Å²) < 4.78 is 15.1. The zero-order valence-electron chi connectivity index (χ0n) is 10.9. The molecule has 0 amide bonds. The fraction of sp³-hybridized carbons (Fsp3) is 0.0714. The lowest BCUT2D eigenvalue weighted by Crippen LogP contribution is -1.93. The van der Waals surface area contributed by atoms with Crippen molar-refractivity contribution in [3.05, 3.63) is 52.7 Å². The fourth-order valence-electron chi connectivity index (χ4n) is 1.93. The van der Waals surface area contributed by atoms with E-state index in [0.717, 1.165) is 5.56 Å². The number of halogens is 3. The Morgan fingerprint density at radius 2 is 1.86 bits per heavy atom. The molecule has 2 aromatic heterocycles. The molecule has 0 radical (unpaired) electrons. The molecule has 4 nitrogen and oxygen atoms in total. The summed E-state index contributed by atoms with van der Waals surface area (Å²) in [5.41, 5.74) is 1.87. The van der Waals surface area contributed by atoms with Crippen molar-refractivity contribution in [2.45, 2.75) is 0 Å². The number of rotatable bonds is 2. The Hall–Kier alpha value is -1.98. The van der Waals surface area contributed by atoms with Gasteiger partial charge in [0.2, 0.25) is 0 Å². The largest absolute Gasteiger partial charge is 0.275 e. The SMILES string of the molecule is Cn1cc(-c2cc(Cl)nc(-c3cc(F)cc(Cl)c3)n2)cn1. The minimum absolute atomic E-state index is 0.263. The maximum atomic E-state index is 13.5. The van der Waals surface area contributed by atoms with Crippen LogP contribution in [0, 0.1) is 5.82 Å². The van der Waals surface area contributed by atoms with Crippen LogP contribution in [-0.4, -0.2) is 19.7 Å². The lowest BCUT2D eigenvalue weighted by Gasteiger charge is -2.05. The summed E-state index contributed by atoms with van der Waals surface area (Å²) in [6.45, 7) is 0. The molecule has 2 heterocycles. The van der Waals surface area contributed by atoms with Gasteiger partial charge in [0.1, 0.15) is 11.0 Å². The van der Waals surface area contributed by atoms with Crippen LogP contribution in [0.15, 0.2) is 36.7 Å². The van der Waals surface area contributed by atoms with Crippen molar-refractivity contribution in [2.24, 2.45) is 7.05 Å². The molecular weight excluding hydrogens is 314 g/mol. The molecule has 0 bridgehead atoms. The van der Waals surface area contributed by atoms with Crippen molar-refractivity contribution >= 4 is 23.2 Å². The molecule has 0 aliphatic carbocycles. The van der Waals surface area contributed by atoms with E-state index in [1.165, 1.54) is 12.1 Å². The topological polar surface area (TPSA) is 43.6 Å². The molecule has 106 valence electrons. The molecule has 0 saturated carbocycles. The molecule has 0 spiro atoms. The van der Waals surface area contributed by atoms with Gasteiger partial charge in [-0.1, -0.05) is 23.2 Å². The van der Waals surface area contributed by atoms with E-state index < -0.39 is 5.82 Å². The number of hydrogen-bond donors (Lipinski definition) is 0. The normalized spacial score (nSPS) is 10.9. The molecule has 0 saturated heterocycles. The maximum Gasteiger partial charge on any atom is 0.161 e. The number of benzene rings is 1. The molecular formula is C14H9Cl2FN4. The van der Waals surface area contributed by atoms with E-state index in [9.17, 15) is 4.39 Å². The standard InChI is InChI=1S/C14H9Cl2FN4/c1-21-7-9(6-18-21)12-5-13(16)20-14(19-12)8-2-10(15)4-11(17)3-8/h2-7H,1H3. The van der Waals surface area contributed by atoms with Crippen LogP contribution in [-0.2, 0) is 7.05 Å². The van der Waals surface area contributed by atoms with Gasteiger partial charge in [0.15, 0.2) is 5.82 Å². The van der Waals surface area contributed by atoms with E-state index in [2.05, 4.69) is 15.1 Å². The van der Waals surface area contributed by atoms with E-state index in [4.69, 9.17) is 23.2 Å². The van der Waals surface area contributed by atoms with Gasteiger partial charge in [-0.25, -0.2) is 14.4 Å². The highest BCUT2D eigenvalue weighted by Gasteiger charge is 2.10. The van der Waals surface area contributed by atoms with Crippen LogP contribution in [0.4, 0.5) is 4.39 Å². The summed E-state index contributed by atoms with van der Waals surface area (Å²) in [6.07, 6.45) is 3.47. The minimum Gasteiger partial charge on any atom is -0.275 e. The van der Waals surface area contributed by atoms with E-state index in [1.807, 2.05) is 0 Å². The second kappa shape index (κ2) is 5.42. The smallest absolute Gasteiger partial charge is 0.161 e. The average Bonchev–Trinajstić information content (AvgIpc) is 2.83. The second-order valence-electron chi connectivity index (χ2n) is 4.46. The Morgan fingerprint density at radius 1 is 1.05 bits per heavy atom. The Kier molecular flexibility index (Phi) is 3.61. The first-order valence-electron chi connectivity index (χ1n) is 6.01. The molecule has 0 unspecified atom stereocenters. The van der Waals surface area contributed by atoms with Gasteiger partial charge >= 0.3 is 0 Å².